The number of alkyl halides is 3. The third-order valence-corrected chi connectivity index (χ3v) is 3.95. The highest BCUT2D eigenvalue weighted by Gasteiger charge is 2.46. The molecule has 0 aromatic heterocycles. The smallest absolute Gasteiger partial charge is 0.441 e. The van der Waals surface area contributed by atoms with Gasteiger partial charge in [-0.25, -0.2) is 0 Å². The molecule has 1 saturated heterocycles. The van der Waals surface area contributed by atoms with Crippen molar-refractivity contribution in [1.29, 1.82) is 0 Å². The van der Waals surface area contributed by atoms with E-state index in [1.54, 1.807) is 11.8 Å². The molecule has 0 aromatic rings. The number of hydrogen-bond acceptors (Lipinski definition) is 3. The molecule has 1 heterocycles. The summed E-state index contributed by atoms with van der Waals surface area (Å²) in [5, 5.41) is 9.22. The predicted octanol–water partition coefficient (Wildman–Crippen LogP) is 2.57. The average Bonchev–Trinajstić information content (AvgIpc) is 2.60. The molecular weight excluding hydrogens is 255 g/mol. The molecule has 0 amide bonds. The number of aliphatic carboxylic acids is 1. The van der Waals surface area contributed by atoms with E-state index in [0.29, 0.717) is 19.4 Å². The van der Waals surface area contributed by atoms with Gasteiger partial charge in [-0.3, -0.25) is 9.69 Å². The maximum atomic E-state index is 12.0. The molecule has 0 aliphatic carbocycles. The Kier molecular flexibility index (Phi) is 4.71. The first-order valence-corrected chi connectivity index (χ1v) is 6.49. The van der Waals surface area contributed by atoms with Crippen molar-refractivity contribution in [3.8, 4) is 0 Å². The van der Waals surface area contributed by atoms with Crippen molar-refractivity contribution in [2.24, 2.45) is 0 Å². The van der Waals surface area contributed by atoms with Gasteiger partial charge in [0, 0.05) is 12.3 Å². The third kappa shape index (κ3) is 3.51. The maximum Gasteiger partial charge on any atom is 0.441 e. The minimum Gasteiger partial charge on any atom is -0.480 e. The summed E-state index contributed by atoms with van der Waals surface area (Å²) in [6, 6.07) is 0. The minimum absolute atomic E-state index is 0.0912. The molecule has 1 fully saturated rings. The normalized spacial score (nSPS) is 26.4. The molecule has 0 aromatic carbocycles. The summed E-state index contributed by atoms with van der Waals surface area (Å²) in [6.45, 7) is 2.51. The van der Waals surface area contributed by atoms with Crippen LogP contribution in [0.5, 0.6) is 0 Å². The Morgan fingerprint density at radius 1 is 1.53 bits per heavy atom. The van der Waals surface area contributed by atoms with Crippen molar-refractivity contribution in [2.45, 2.75) is 37.2 Å². The number of rotatable bonds is 5. The van der Waals surface area contributed by atoms with E-state index in [1.165, 1.54) is 0 Å². The quantitative estimate of drug-likeness (QED) is 0.834. The molecular formula is C10H16F3NO2S. The van der Waals surface area contributed by atoms with Gasteiger partial charge in [0.2, 0.25) is 0 Å². The molecule has 17 heavy (non-hydrogen) atoms. The van der Waals surface area contributed by atoms with E-state index >= 15 is 0 Å². The zero-order valence-electron chi connectivity index (χ0n) is 9.59. The lowest BCUT2D eigenvalue weighted by atomic mass is 9.93. The Morgan fingerprint density at radius 2 is 2.18 bits per heavy atom. The SMILES string of the molecule is CCC1(C(=O)O)CCCN1CCSC(F)(F)F. The summed E-state index contributed by atoms with van der Waals surface area (Å²) in [5.74, 6) is -1.03. The molecule has 0 saturated carbocycles. The van der Waals surface area contributed by atoms with E-state index in [1.807, 2.05) is 0 Å². The molecule has 0 bridgehead atoms. The number of nitrogens with zero attached hydrogens (tertiary/aromatic N) is 1. The van der Waals surface area contributed by atoms with Crippen molar-refractivity contribution >= 4 is 17.7 Å². The van der Waals surface area contributed by atoms with Gasteiger partial charge in [0.15, 0.2) is 0 Å². The highest BCUT2D eigenvalue weighted by atomic mass is 32.2. The van der Waals surface area contributed by atoms with E-state index in [-0.39, 0.29) is 24.1 Å². The van der Waals surface area contributed by atoms with Gasteiger partial charge in [0.05, 0.1) is 0 Å². The van der Waals surface area contributed by atoms with Crippen molar-refractivity contribution in [1.82, 2.24) is 4.90 Å². The summed E-state index contributed by atoms with van der Waals surface area (Å²) in [5.41, 5.74) is -5.19. The van der Waals surface area contributed by atoms with Gasteiger partial charge >= 0.3 is 11.5 Å². The van der Waals surface area contributed by atoms with Crippen LogP contribution in [-0.2, 0) is 4.79 Å². The molecule has 1 aliphatic heterocycles. The fraction of sp³-hybridized carbons (Fsp3) is 0.900. The average molecular weight is 271 g/mol. The lowest BCUT2D eigenvalue weighted by molar-refractivity contribution is -0.149. The number of carboxylic acid groups (broad SMARTS) is 1. The Balaban J connectivity index is 2.55. The van der Waals surface area contributed by atoms with Crippen molar-refractivity contribution in [3.63, 3.8) is 0 Å². The molecule has 3 nitrogen and oxygen atoms in total. The van der Waals surface area contributed by atoms with Crippen LogP contribution in [0.25, 0.3) is 0 Å². The number of thioether (sulfide) groups is 1. The zero-order chi connectivity index (χ0) is 13.1. The number of carbonyl (C=O) groups is 1. The standard InChI is InChI=1S/C10H16F3NO2S/c1-2-9(8(15)16)4-3-5-14(9)6-7-17-10(11,12)13/h2-7H2,1H3,(H,15,16). The maximum absolute atomic E-state index is 12.0. The second-order valence-electron chi connectivity index (χ2n) is 4.08. The van der Waals surface area contributed by atoms with Crippen LogP contribution >= 0.6 is 11.8 Å². The lowest BCUT2D eigenvalue weighted by Crippen LogP contribution is -2.50. The molecule has 0 spiro atoms. The zero-order valence-corrected chi connectivity index (χ0v) is 10.4. The van der Waals surface area contributed by atoms with Crippen molar-refractivity contribution < 1.29 is 23.1 Å². The molecule has 7 heteroatoms. The van der Waals surface area contributed by atoms with Gasteiger partial charge in [-0.15, -0.1) is 0 Å². The Labute approximate surface area is 102 Å². The first-order valence-electron chi connectivity index (χ1n) is 5.51. The van der Waals surface area contributed by atoms with Crippen LogP contribution in [0.1, 0.15) is 26.2 Å². The largest absolute Gasteiger partial charge is 0.480 e. The summed E-state index contributed by atoms with van der Waals surface area (Å²) in [4.78, 5) is 12.9. The van der Waals surface area contributed by atoms with Gasteiger partial charge in [-0.05, 0) is 37.6 Å². The molecule has 100 valence electrons. The Bertz CT molecular complexity index is 285. The molecule has 1 atom stereocenters. The van der Waals surface area contributed by atoms with Gasteiger partial charge in [0.1, 0.15) is 5.54 Å². The highest BCUT2D eigenvalue weighted by molar-refractivity contribution is 8.00. The molecule has 1 unspecified atom stereocenters. The lowest BCUT2D eigenvalue weighted by Gasteiger charge is -2.33. The van der Waals surface area contributed by atoms with E-state index in [9.17, 15) is 23.1 Å². The fourth-order valence-corrected chi connectivity index (χ4v) is 2.87. The third-order valence-electron chi connectivity index (χ3n) is 3.23. The highest BCUT2D eigenvalue weighted by Crippen LogP contribution is 2.35. The molecule has 1 aliphatic rings. The second kappa shape index (κ2) is 5.48. The number of hydrogen-bond donors (Lipinski definition) is 1. The number of halogens is 3. The van der Waals surface area contributed by atoms with Crippen LogP contribution in [0, 0.1) is 0 Å². The van der Waals surface area contributed by atoms with Gasteiger partial charge in [0.25, 0.3) is 0 Å². The van der Waals surface area contributed by atoms with Gasteiger partial charge in [-0.2, -0.15) is 13.2 Å². The summed E-state index contributed by atoms with van der Waals surface area (Å²) >= 11 is -0.0912. The summed E-state index contributed by atoms with van der Waals surface area (Å²) < 4.78 is 36.0. The number of likely N-dealkylation sites (tertiary alicyclic amines) is 1. The monoisotopic (exact) mass is 271 g/mol. The molecule has 0 radical (unpaired) electrons. The van der Waals surface area contributed by atoms with E-state index in [4.69, 9.17) is 0 Å². The number of carboxylic acids is 1. The van der Waals surface area contributed by atoms with Crippen molar-refractivity contribution in [2.75, 3.05) is 18.8 Å². The van der Waals surface area contributed by atoms with E-state index in [0.717, 1.165) is 6.42 Å². The van der Waals surface area contributed by atoms with Crippen LogP contribution in [-0.4, -0.2) is 45.9 Å². The van der Waals surface area contributed by atoms with Crippen LogP contribution in [0.3, 0.4) is 0 Å². The summed E-state index contributed by atoms with van der Waals surface area (Å²) in [6.07, 6.45) is 1.69. The van der Waals surface area contributed by atoms with Gasteiger partial charge < -0.3 is 5.11 Å². The van der Waals surface area contributed by atoms with Crippen molar-refractivity contribution in [3.05, 3.63) is 0 Å². The Hall–Kier alpha value is -0.430. The second-order valence-corrected chi connectivity index (χ2v) is 5.23. The van der Waals surface area contributed by atoms with Crippen LogP contribution < -0.4 is 0 Å². The Morgan fingerprint density at radius 3 is 2.65 bits per heavy atom. The van der Waals surface area contributed by atoms with Gasteiger partial charge in [-0.1, -0.05) is 6.92 Å². The molecule has 1 N–H and O–H groups in total. The topological polar surface area (TPSA) is 40.5 Å². The van der Waals surface area contributed by atoms with E-state index in [2.05, 4.69) is 0 Å². The summed E-state index contributed by atoms with van der Waals surface area (Å²) in [7, 11) is 0. The van der Waals surface area contributed by atoms with Crippen LogP contribution in [0.15, 0.2) is 0 Å². The predicted molar refractivity (Wildman–Crippen MR) is 60.0 cm³/mol. The first-order chi connectivity index (χ1) is 7.82. The first kappa shape index (κ1) is 14.6. The van der Waals surface area contributed by atoms with Crippen LogP contribution in [0.2, 0.25) is 0 Å². The fourth-order valence-electron chi connectivity index (χ4n) is 2.33. The molecule has 1 rings (SSSR count). The van der Waals surface area contributed by atoms with E-state index < -0.39 is 17.0 Å². The minimum atomic E-state index is -4.24. The van der Waals surface area contributed by atoms with Crippen LogP contribution in [0.4, 0.5) is 13.2 Å².